The normalized spacial score (nSPS) is 12.3. The number of rotatable bonds is 6. The zero-order valence-electron chi connectivity index (χ0n) is 15.9. The number of hydrogen-bond donors (Lipinski definition) is 2. The van der Waals surface area contributed by atoms with Crippen LogP contribution in [-0.2, 0) is 6.18 Å². The number of urea groups is 1. The van der Waals surface area contributed by atoms with Crippen molar-refractivity contribution in [3.8, 4) is 11.8 Å². The highest BCUT2D eigenvalue weighted by Gasteiger charge is 2.38. The quantitative estimate of drug-likeness (QED) is 0.512. The molecule has 18 heteroatoms. The maximum Gasteiger partial charge on any atom is 0.422 e. The van der Waals surface area contributed by atoms with Crippen molar-refractivity contribution in [3.05, 3.63) is 35.4 Å². The smallest absolute Gasteiger partial charge is 0.422 e. The Labute approximate surface area is 180 Å². The number of nitrogens with zero attached hydrogens (tertiary/aromatic N) is 2. The fourth-order valence-corrected chi connectivity index (χ4v) is 2.10. The van der Waals surface area contributed by atoms with Gasteiger partial charge in [-0.3, -0.25) is 5.32 Å². The molecule has 0 bridgehead atoms. The Morgan fingerprint density at radius 1 is 0.765 bits per heavy atom. The van der Waals surface area contributed by atoms with Gasteiger partial charge < -0.3 is 14.8 Å². The minimum Gasteiger partial charge on any atom is -0.468 e. The Balaban J connectivity index is 2.22. The molecule has 188 valence electrons. The lowest BCUT2D eigenvalue weighted by Crippen LogP contribution is -2.24. The van der Waals surface area contributed by atoms with Crippen molar-refractivity contribution in [2.24, 2.45) is 0 Å². The van der Waals surface area contributed by atoms with Crippen molar-refractivity contribution in [3.63, 3.8) is 0 Å². The summed E-state index contributed by atoms with van der Waals surface area (Å²) in [6.07, 6.45) is -15.1. The largest absolute Gasteiger partial charge is 0.468 e. The van der Waals surface area contributed by atoms with Crippen LogP contribution < -0.4 is 20.1 Å². The van der Waals surface area contributed by atoms with Crippen LogP contribution in [0.15, 0.2) is 18.2 Å². The van der Waals surface area contributed by atoms with Gasteiger partial charge in [0.05, 0.1) is 6.07 Å². The number of hydrogen-bond acceptors (Lipinski definition) is 5. The molecular weight excluding hydrogens is 505 g/mol. The van der Waals surface area contributed by atoms with E-state index in [2.05, 4.69) is 19.4 Å². The number of alkyl halides is 9. The minimum absolute atomic E-state index is 0.104. The third-order valence-corrected chi connectivity index (χ3v) is 3.26. The maximum absolute atomic E-state index is 13.6. The van der Waals surface area contributed by atoms with E-state index < -0.39 is 78.4 Å². The molecule has 0 saturated heterocycles. The Bertz CT molecular complexity index is 979. The van der Waals surface area contributed by atoms with Gasteiger partial charge in [0.1, 0.15) is 17.2 Å². The second-order valence-corrected chi connectivity index (χ2v) is 6.07. The van der Waals surface area contributed by atoms with E-state index in [0.29, 0.717) is 6.07 Å². The molecular formula is C16H9F11N4O3. The van der Waals surface area contributed by atoms with Gasteiger partial charge in [-0.15, -0.1) is 0 Å². The van der Waals surface area contributed by atoms with Gasteiger partial charge in [0, 0.05) is 5.69 Å². The second kappa shape index (κ2) is 9.72. The Morgan fingerprint density at radius 2 is 1.21 bits per heavy atom. The standard InChI is InChI=1S/C16H9F11N4O3/c17-7-1-6(2-8(18)11(7)16(25,26)27)28-13(32)31-12-29-9(33-4-14(19,20)21)3-10(30-12)34-5-15(22,23)24/h1-3H,4-5H2,(H2,28,29,30,31,32). The van der Waals surface area contributed by atoms with E-state index in [-0.39, 0.29) is 12.1 Å². The molecule has 0 spiro atoms. The molecule has 0 radical (unpaired) electrons. The van der Waals surface area contributed by atoms with Gasteiger partial charge in [-0.2, -0.15) is 49.5 Å². The van der Waals surface area contributed by atoms with E-state index in [9.17, 15) is 53.1 Å². The molecule has 7 nitrogen and oxygen atoms in total. The Kier molecular flexibility index (Phi) is 7.62. The molecule has 0 aliphatic carbocycles. The van der Waals surface area contributed by atoms with Crippen molar-refractivity contribution in [1.29, 1.82) is 0 Å². The molecule has 2 amide bonds. The number of carbonyl (C=O) groups is 1. The highest BCUT2D eigenvalue weighted by molar-refractivity contribution is 5.98. The highest BCUT2D eigenvalue weighted by Crippen LogP contribution is 2.35. The fraction of sp³-hybridized carbons (Fsp3) is 0.312. The number of halogens is 11. The Hall–Kier alpha value is -3.60. The van der Waals surface area contributed by atoms with Gasteiger partial charge in [-0.1, -0.05) is 0 Å². The third-order valence-electron chi connectivity index (χ3n) is 3.26. The third kappa shape index (κ3) is 8.39. The van der Waals surface area contributed by atoms with Crippen LogP contribution in [0.4, 0.5) is 64.7 Å². The minimum atomic E-state index is -5.38. The summed E-state index contributed by atoms with van der Waals surface area (Å²) < 4.78 is 147. The van der Waals surface area contributed by atoms with Gasteiger partial charge in [0.2, 0.25) is 17.7 Å². The summed E-state index contributed by atoms with van der Waals surface area (Å²) in [5.74, 6) is -7.10. The SMILES string of the molecule is O=C(Nc1cc(F)c(C(F)(F)F)c(F)c1)Nc1nc(OCC(F)(F)F)cc(OCC(F)(F)F)n1. The number of anilines is 2. The molecule has 0 aliphatic rings. The first-order valence-electron chi connectivity index (χ1n) is 8.35. The number of nitrogens with one attached hydrogen (secondary N) is 2. The zero-order chi connectivity index (χ0) is 25.9. The number of aromatic nitrogens is 2. The molecule has 34 heavy (non-hydrogen) atoms. The molecule has 0 atom stereocenters. The van der Waals surface area contributed by atoms with E-state index in [1.54, 1.807) is 10.6 Å². The summed E-state index contributed by atoms with van der Waals surface area (Å²) >= 11 is 0. The second-order valence-electron chi connectivity index (χ2n) is 6.07. The van der Waals surface area contributed by atoms with Crippen molar-refractivity contribution < 1.29 is 62.6 Å². The van der Waals surface area contributed by atoms with Crippen LogP contribution in [0.2, 0.25) is 0 Å². The topological polar surface area (TPSA) is 85.4 Å². The molecule has 0 unspecified atom stereocenters. The van der Waals surface area contributed by atoms with Crippen LogP contribution >= 0.6 is 0 Å². The summed E-state index contributed by atoms with van der Waals surface area (Å²) in [6.45, 7) is -3.86. The van der Waals surface area contributed by atoms with Crippen molar-refractivity contribution in [2.75, 3.05) is 23.8 Å². The maximum atomic E-state index is 13.6. The van der Waals surface area contributed by atoms with Crippen molar-refractivity contribution >= 4 is 17.7 Å². The number of ether oxygens (including phenoxy) is 2. The molecule has 2 N–H and O–H groups in total. The summed E-state index contributed by atoms with van der Waals surface area (Å²) in [6, 6.07) is -0.838. The molecule has 0 aliphatic heterocycles. The number of benzene rings is 1. The van der Waals surface area contributed by atoms with Crippen molar-refractivity contribution in [1.82, 2.24) is 9.97 Å². The molecule has 2 aromatic rings. The highest BCUT2D eigenvalue weighted by atomic mass is 19.4. The first kappa shape index (κ1) is 26.7. The van der Waals surface area contributed by atoms with Crippen LogP contribution in [0, 0.1) is 11.6 Å². The lowest BCUT2D eigenvalue weighted by molar-refractivity contribution is -0.154. The van der Waals surface area contributed by atoms with E-state index in [1.807, 2.05) is 0 Å². The van der Waals surface area contributed by atoms with Crippen LogP contribution in [0.3, 0.4) is 0 Å². The van der Waals surface area contributed by atoms with Crippen LogP contribution in [-0.4, -0.2) is 41.6 Å². The number of carbonyl (C=O) groups excluding carboxylic acids is 1. The molecule has 1 heterocycles. The van der Waals surface area contributed by atoms with Crippen molar-refractivity contribution in [2.45, 2.75) is 18.5 Å². The van der Waals surface area contributed by atoms with Gasteiger partial charge in [0.15, 0.2) is 13.2 Å². The molecule has 0 saturated carbocycles. The average Bonchev–Trinajstić information content (AvgIpc) is 2.61. The van der Waals surface area contributed by atoms with Crippen LogP contribution in [0.1, 0.15) is 5.56 Å². The predicted molar refractivity (Wildman–Crippen MR) is 89.1 cm³/mol. The van der Waals surface area contributed by atoms with Gasteiger partial charge in [0.25, 0.3) is 0 Å². The van der Waals surface area contributed by atoms with Gasteiger partial charge >= 0.3 is 24.6 Å². The number of amides is 2. The van der Waals surface area contributed by atoms with Crippen LogP contribution in [0.25, 0.3) is 0 Å². The average molecular weight is 514 g/mol. The molecule has 1 aromatic heterocycles. The summed E-state index contributed by atoms with van der Waals surface area (Å²) in [4.78, 5) is 18.5. The zero-order valence-corrected chi connectivity index (χ0v) is 15.9. The summed E-state index contributed by atoms with van der Waals surface area (Å²) in [5.41, 5.74) is -3.07. The lowest BCUT2D eigenvalue weighted by Gasteiger charge is -2.14. The Morgan fingerprint density at radius 3 is 1.59 bits per heavy atom. The van der Waals surface area contributed by atoms with Gasteiger partial charge in [-0.05, 0) is 12.1 Å². The fourth-order valence-electron chi connectivity index (χ4n) is 2.10. The lowest BCUT2D eigenvalue weighted by atomic mass is 10.1. The van der Waals surface area contributed by atoms with Gasteiger partial charge in [-0.25, -0.2) is 13.6 Å². The molecule has 2 rings (SSSR count). The molecule has 1 aromatic carbocycles. The molecule has 0 fully saturated rings. The van der Waals surface area contributed by atoms with E-state index in [0.717, 1.165) is 0 Å². The van der Waals surface area contributed by atoms with E-state index in [1.165, 1.54) is 0 Å². The monoisotopic (exact) mass is 514 g/mol. The first-order valence-corrected chi connectivity index (χ1v) is 8.35. The predicted octanol–water partition coefficient (Wildman–Crippen LogP) is 5.30. The van der Waals surface area contributed by atoms with E-state index >= 15 is 0 Å². The first-order chi connectivity index (χ1) is 15.4. The van der Waals surface area contributed by atoms with E-state index in [4.69, 9.17) is 0 Å². The van der Waals surface area contributed by atoms with Crippen LogP contribution in [0.5, 0.6) is 11.8 Å². The summed E-state index contributed by atoms with van der Waals surface area (Å²) in [5, 5.41) is 3.37. The summed E-state index contributed by atoms with van der Waals surface area (Å²) in [7, 11) is 0.